The summed E-state index contributed by atoms with van der Waals surface area (Å²) >= 11 is 0. The van der Waals surface area contributed by atoms with Gasteiger partial charge >= 0.3 is 5.97 Å². The van der Waals surface area contributed by atoms with Gasteiger partial charge in [-0.25, -0.2) is 9.18 Å². The van der Waals surface area contributed by atoms with Crippen LogP contribution >= 0.6 is 0 Å². The van der Waals surface area contributed by atoms with Gasteiger partial charge in [-0.2, -0.15) is 0 Å². The molecular weight excluding hydrogens is 611 g/mol. The molecule has 5 aromatic carbocycles. The third-order valence-electron chi connectivity index (χ3n) is 9.69. The van der Waals surface area contributed by atoms with Crippen molar-refractivity contribution in [2.45, 2.75) is 83.3 Å². The third kappa shape index (κ3) is 7.60. The average molecular weight is 657 g/mol. The summed E-state index contributed by atoms with van der Waals surface area (Å²) in [7, 11) is 0. The zero-order chi connectivity index (χ0) is 34.7. The molecule has 3 N–H and O–H groups in total. The second-order valence-electron chi connectivity index (χ2n) is 14.2. The summed E-state index contributed by atoms with van der Waals surface area (Å²) in [6.07, 6.45) is 7.50. The molecule has 252 valence electrons. The Balaban J connectivity index is 0.000000189. The Hall–Kier alpha value is -4.81. The molecule has 5 nitrogen and oxygen atoms in total. The molecule has 6 heteroatoms. The van der Waals surface area contributed by atoms with Crippen molar-refractivity contribution in [2.75, 3.05) is 0 Å². The largest absolute Gasteiger partial charge is 0.491 e. The lowest BCUT2D eigenvalue weighted by Gasteiger charge is -2.39. The van der Waals surface area contributed by atoms with Crippen molar-refractivity contribution in [1.82, 2.24) is 4.98 Å². The first-order chi connectivity index (χ1) is 23.5. The van der Waals surface area contributed by atoms with Crippen LogP contribution in [0.15, 0.2) is 103 Å². The van der Waals surface area contributed by atoms with E-state index in [1.54, 1.807) is 42.6 Å². The molecule has 0 bridgehead atoms. The first-order valence-corrected chi connectivity index (χ1v) is 17.2. The number of carbonyl (C=O) groups is 1. The van der Waals surface area contributed by atoms with Gasteiger partial charge in [-0.1, -0.05) is 74.9 Å². The van der Waals surface area contributed by atoms with Gasteiger partial charge in [0.1, 0.15) is 11.6 Å². The highest BCUT2D eigenvalue weighted by Crippen LogP contribution is 2.48. The van der Waals surface area contributed by atoms with Gasteiger partial charge in [0, 0.05) is 23.2 Å². The topological polar surface area (TPSA) is 85.4 Å². The van der Waals surface area contributed by atoms with Gasteiger partial charge in [0.15, 0.2) is 0 Å². The summed E-state index contributed by atoms with van der Waals surface area (Å²) in [6.45, 7) is 8.69. The van der Waals surface area contributed by atoms with Crippen molar-refractivity contribution in [3.63, 3.8) is 0 Å². The Morgan fingerprint density at radius 2 is 1.63 bits per heavy atom. The van der Waals surface area contributed by atoms with Gasteiger partial charge in [0.05, 0.1) is 17.2 Å². The van der Waals surface area contributed by atoms with Crippen molar-refractivity contribution >= 4 is 38.4 Å². The average Bonchev–Trinajstić information content (AvgIpc) is 3.07. The number of hydrogen-bond acceptors (Lipinski definition) is 4. The Morgan fingerprint density at radius 1 is 0.898 bits per heavy atom. The monoisotopic (exact) mass is 656 g/mol. The maximum absolute atomic E-state index is 14.2. The molecule has 0 aliphatic heterocycles. The molecule has 1 unspecified atom stereocenters. The third-order valence-corrected chi connectivity index (χ3v) is 9.69. The number of benzene rings is 5. The van der Waals surface area contributed by atoms with Crippen molar-refractivity contribution in [1.29, 1.82) is 0 Å². The summed E-state index contributed by atoms with van der Waals surface area (Å²) < 4.78 is 20.3. The van der Waals surface area contributed by atoms with Crippen LogP contribution in [-0.4, -0.2) is 28.2 Å². The summed E-state index contributed by atoms with van der Waals surface area (Å²) in [5, 5.41) is 14.8. The lowest BCUT2D eigenvalue weighted by Crippen LogP contribution is -2.29. The summed E-state index contributed by atoms with van der Waals surface area (Å²) in [5.74, 6) is -0.0669. The molecule has 1 heterocycles. The number of carboxylic acids is 1. The van der Waals surface area contributed by atoms with Crippen LogP contribution < -0.4 is 10.5 Å². The lowest BCUT2D eigenvalue weighted by molar-refractivity contribution is 0.0697. The number of halogens is 1. The highest BCUT2D eigenvalue weighted by Gasteiger charge is 2.36. The number of ether oxygens (including phenoxy) is 1. The minimum Gasteiger partial charge on any atom is -0.491 e. The molecular formula is C43H45FN2O3. The van der Waals surface area contributed by atoms with Crippen molar-refractivity contribution in [2.24, 2.45) is 5.73 Å². The number of carboxylic acid groups (broad SMARTS) is 1. The minimum atomic E-state index is -0.911. The highest BCUT2D eigenvalue weighted by atomic mass is 19.1. The Kier molecular flexibility index (Phi) is 9.98. The minimum absolute atomic E-state index is 0.0262. The van der Waals surface area contributed by atoms with Crippen molar-refractivity contribution in [3.8, 4) is 5.75 Å². The first kappa shape index (κ1) is 34.1. The van der Waals surface area contributed by atoms with Crippen LogP contribution in [0.4, 0.5) is 4.39 Å². The van der Waals surface area contributed by atoms with Gasteiger partial charge in [0.25, 0.3) is 0 Å². The summed E-state index contributed by atoms with van der Waals surface area (Å²) in [6, 6.07) is 31.7. The number of hydrogen-bond donors (Lipinski definition) is 2. The zero-order valence-corrected chi connectivity index (χ0v) is 28.7. The maximum atomic E-state index is 14.2. The van der Waals surface area contributed by atoms with E-state index < -0.39 is 5.97 Å². The molecule has 0 radical (unpaired) electrons. The van der Waals surface area contributed by atoms with Crippen molar-refractivity contribution < 1.29 is 19.0 Å². The fraction of sp³-hybridized carbons (Fsp3) is 0.302. The number of rotatable bonds is 4. The molecule has 0 amide bonds. The second kappa shape index (κ2) is 14.4. The molecule has 0 spiro atoms. The molecule has 2 aliphatic rings. The fourth-order valence-corrected chi connectivity index (χ4v) is 7.23. The lowest BCUT2D eigenvalue weighted by atomic mass is 9.65. The van der Waals surface area contributed by atoms with Gasteiger partial charge in [0.2, 0.25) is 0 Å². The van der Waals surface area contributed by atoms with Crippen LogP contribution in [0.25, 0.3) is 32.4 Å². The van der Waals surface area contributed by atoms with E-state index >= 15 is 0 Å². The summed E-state index contributed by atoms with van der Waals surface area (Å²) in [4.78, 5) is 14.7. The number of fused-ring (bicyclic) bond motifs is 6. The fourth-order valence-electron chi connectivity index (χ4n) is 7.23. The van der Waals surface area contributed by atoms with Crippen LogP contribution in [0.1, 0.15) is 86.3 Å². The van der Waals surface area contributed by atoms with Gasteiger partial charge < -0.3 is 15.6 Å². The summed E-state index contributed by atoms with van der Waals surface area (Å²) in [5.41, 5.74) is 10.3. The number of aromatic nitrogens is 1. The van der Waals surface area contributed by atoms with E-state index in [0.29, 0.717) is 11.6 Å². The Morgan fingerprint density at radius 3 is 2.35 bits per heavy atom. The van der Waals surface area contributed by atoms with E-state index in [1.165, 1.54) is 58.0 Å². The van der Waals surface area contributed by atoms with Crippen molar-refractivity contribution in [3.05, 3.63) is 131 Å². The Bertz CT molecular complexity index is 2120. The second-order valence-corrected chi connectivity index (χ2v) is 14.2. The van der Waals surface area contributed by atoms with Gasteiger partial charge in [-0.05, 0) is 126 Å². The van der Waals surface area contributed by atoms with E-state index in [9.17, 15) is 9.18 Å². The standard InChI is InChI=1S/C29H29FO.C10H7NO2.C4H9N/c1-18(2)31-27-14-11-22(30)16-26(27)21-15-20-10-12-24-23-8-6-5-7-19(23)9-13-25(24)28(20)29(3,4)17-21;12-10(13)8-3-4-9-7(6-8)2-1-5-11-9;5-4-2-1-3-4/h5-14,16,18,21H,15,17H2,1-4H3;1-6H,(H,12,13);4H,1-3,5H2. The molecule has 8 rings (SSSR count). The molecule has 1 atom stereocenters. The quantitative estimate of drug-likeness (QED) is 0.185. The van der Waals surface area contributed by atoms with E-state index in [4.69, 9.17) is 15.6 Å². The first-order valence-electron chi connectivity index (χ1n) is 17.2. The van der Waals surface area contributed by atoms with Gasteiger partial charge in [-0.3, -0.25) is 4.98 Å². The number of nitrogens with zero attached hydrogens (tertiary/aromatic N) is 1. The van der Waals surface area contributed by atoms with E-state index in [1.807, 2.05) is 19.9 Å². The van der Waals surface area contributed by atoms with Crippen LogP contribution in [0.2, 0.25) is 0 Å². The SMILES string of the molecule is CC(C)Oc1ccc(F)cc1C1Cc2ccc3c(ccc4ccccc43)c2C(C)(C)C1.NC1CCC1.O=C(O)c1ccc2ncccc2c1. The molecule has 1 saturated carbocycles. The predicted molar refractivity (Wildman–Crippen MR) is 198 cm³/mol. The van der Waals surface area contributed by atoms with Crippen LogP contribution in [-0.2, 0) is 11.8 Å². The number of aromatic carboxylic acids is 1. The van der Waals surface area contributed by atoms with Crippen LogP contribution in [0.3, 0.4) is 0 Å². The molecule has 6 aromatic rings. The van der Waals surface area contributed by atoms with Gasteiger partial charge in [-0.15, -0.1) is 0 Å². The molecule has 2 aliphatic carbocycles. The molecule has 49 heavy (non-hydrogen) atoms. The van der Waals surface area contributed by atoms with E-state index in [0.717, 1.165) is 35.1 Å². The van der Waals surface area contributed by atoms with E-state index in [2.05, 4.69) is 67.4 Å². The molecule has 1 aromatic heterocycles. The molecule has 0 saturated heterocycles. The van der Waals surface area contributed by atoms with Crippen LogP contribution in [0, 0.1) is 5.82 Å². The zero-order valence-electron chi connectivity index (χ0n) is 28.7. The predicted octanol–water partition coefficient (Wildman–Crippen LogP) is 10.4. The highest BCUT2D eigenvalue weighted by molar-refractivity contribution is 6.09. The normalized spacial score (nSPS) is 16.6. The maximum Gasteiger partial charge on any atom is 0.335 e. The number of nitrogens with two attached hydrogens (primary N) is 1. The number of pyridine rings is 1. The molecule has 1 fully saturated rings. The van der Waals surface area contributed by atoms with Crippen LogP contribution in [0.5, 0.6) is 5.75 Å². The van der Waals surface area contributed by atoms with E-state index in [-0.39, 0.29) is 23.3 Å². The Labute approximate surface area is 287 Å². The smallest absolute Gasteiger partial charge is 0.335 e.